The van der Waals surface area contributed by atoms with Gasteiger partial charge in [-0.2, -0.15) is 5.10 Å². The first kappa shape index (κ1) is 18.3. The van der Waals surface area contributed by atoms with Gasteiger partial charge in [0.1, 0.15) is 12.3 Å². The van der Waals surface area contributed by atoms with Gasteiger partial charge in [-0.15, -0.1) is 0 Å². The van der Waals surface area contributed by atoms with Gasteiger partial charge < -0.3 is 9.52 Å². The van der Waals surface area contributed by atoms with E-state index < -0.39 is 5.97 Å². The highest BCUT2D eigenvalue weighted by Gasteiger charge is 2.30. The normalized spacial score (nSPS) is 22.9. The molecule has 0 saturated carbocycles. The number of piperidine rings is 2. The molecule has 1 N–H and O–H groups in total. The van der Waals surface area contributed by atoms with Crippen LogP contribution >= 0.6 is 0 Å². The van der Waals surface area contributed by atoms with Crippen molar-refractivity contribution in [1.82, 2.24) is 19.6 Å². The number of hydrogen-bond acceptors (Lipinski definition) is 5. The molecule has 0 aromatic carbocycles. The number of aliphatic carboxylic acids is 1. The van der Waals surface area contributed by atoms with Gasteiger partial charge in [-0.25, -0.2) is 0 Å². The SMILES string of the molecule is O=C(O)Cn1ccc([C@H]2CCCN(C3CCN(Cc4ccco4)CC3)C2)n1. The van der Waals surface area contributed by atoms with Crippen LogP contribution in [0, 0.1) is 0 Å². The van der Waals surface area contributed by atoms with Gasteiger partial charge in [0.2, 0.25) is 0 Å². The van der Waals surface area contributed by atoms with E-state index in [1.807, 2.05) is 18.2 Å². The van der Waals surface area contributed by atoms with E-state index in [1.54, 1.807) is 12.5 Å². The average Bonchev–Trinajstić information content (AvgIpc) is 3.34. The second kappa shape index (κ2) is 8.27. The zero-order valence-corrected chi connectivity index (χ0v) is 15.7. The highest BCUT2D eigenvalue weighted by molar-refractivity contribution is 5.66. The number of carbonyl (C=O) groups is 1. The first-order chi connectivity index (χ1) is 13.2. The van der Waals surface area contributed by atoms with Crippen LogP contribution in [0.2, 0.25) is 0 Å². The Morgan fingerprint density at radius 3 is 2.81 bits per heavy atom. The van der Waals surface area contributed by atoms with Gasteiger partial charge in [-0.05, 0) is 50.4 Å². The van der Waals surface area contributed by atoms with Gasteiger partial charge in [-0.3, -0.25) is 19.3 Å². The third-order valence-corrected chi connectivity index (χ3v) is 5.86. The molecule has 2 fully saturated rings. The Balaban J connectivity index is 1.29. The van der Waals surface area contributed by atoms with Crippen molar-refractivity contribution < 1.29 is 14.3 Å². The van der Waals surface area contributed by atoms with Crippen LogP contribution in [-0.2, 0) is 17.9 Å². The second-order valence-electron chi connectivity index (χ2n) is 7.75. The third-order valence-electron chi connectivity index (χ3n) is 5.86. The van der Waals surface area contributed by atoms with Crippen molar-refractivity contribution in [2.24, 2.45) is 0 Å². The van der Waals surface area contributed by atoms with Gasteiger partial charge in [-0.1, -0.05) is 0 Å². The molecule has 146 valence electrons. The maximum atomic E-state index is 10.9. The van der Waals surface area contributed by atoms with Crippen LogP contribution in [0.3, 0.4) is 0 Å². The number of likely N-dealkylation sites (tertiary alicyclic amines) is 2. The fourth-order valence-corrected chi connectivity index (χ4v) is 4.47. The van der Waals surface area contributed by atoms with Crippen molar-refractivity contribution in [3.8, 4) is 0 Å². The average molecular weight is 372 g/mol. The summed E-state index contributed by atoms with van der Waals surface area (Å²) in [5.41, 5.74) is 1.04. The van der Waals surface area contributed by atoms with E-state index in [4.69, 9.17) is 9.52 Å². The molecule has 2 aromatic rings. The van der Waals surface area contributed by atoms with E-state index in [0.29, 0.717) is 12.0 Å². The van der Waals surface area contributed by atoms with Crippen molar-refractivity contribution in [2.75, 3.05) is 26.2 Å². The van der Waals surface area contributed by atoms with Crippen molar-refractivity contribution in [3.63, 3.8) is 0 Å². The number of carboxylic acid groups (broad SMARTS) is 1. The van der Waals surface area contributed by atoms with Crippen LogP contribution in [0.5, 0.6) is 0 Å². The van der Waals surface area contributed by atoms with E-state index >= 15 is 0 Å². The topological polar surface area (TPSA) is 74.7 Å². The van der Waals surface area contributed by atoms with Gasteiger partial charge in [0.15, 0.2) is 0 Å². The number of carboxylic acids is 1. The van der Waals surface area contributed by atoms with E-state index in [1.165, 1.54) is 23.9 Å². The van der Waals surface area contributed by atoms with Crippen molar-refractivity contribution in [1.29, 1.82) is 0 Å². The largest absolute Gasteiger partial charge is 0.480 e. The van der Waals surface area contributed by atoms with Crippen LogP contribution in [0.1, 0.15) is 43.1 Å². The lowest BCUT2D eigenvalue weighted by atomic mass is 9.92. The minimum Gasteiger partial charge on any atom is -0.480 e. The molecule has 7 nitrogen and oxygen atoms in total. The zero-order valence-electron chi connectivity index (χ0n) is 15.7. The third kappa shape index (κ3) is 4.59. The molecule has 0 radical (unpaired) electrons. The van der Waals surface area contributed by atoms with Gasteiger partial charge in [0.05, 0.1) is 18.5 Å². The summed E-state index contributed by atoms with van der Waals surface area (Å²) in [5.74, 6) is 0.606. The molecule has 2 aromatic heterocycles. The molecule has 1 atom stereocenters. The van der Waals surface area contributed by atoms with Crippen LogP contribution in [0.15, 0.2) is 35.1 Å². The van der Waals surface area contributed by atoms with Crippen molar-refractivity contribution in [2.45, 2.75) is 50.7 Å². The first-order valence-corrected chi connectivity index (χ1v) is 9.91. The molecular formula is C20H28N4O3. The Hall–Kier alpha value is -2.12. The molecule has 0 amide bonds. The molecule has 0 bridgehead atoms. The number of rotatable bonds is 6. The van der Waals surface area contributed by atoms with E-state index in [2.05, 4.69) is 14.9 Å². The summed E-state index contributed by atoms with van der Waals surface area (Å²) >= 11 is 0. The summed E-state index contributed by atoms with van der Waals surface area (Å²) in [5, 5.41) is 13.4. The Morgan fingerprint density at radius 2 is 2.07 bits per heavy atom. The summed E-state index contributed by atoms with van der Waals surface area (Å²) < 4.78 is 7.00. The Morgan fingerprint density at radius 1 is 1.22 bits per heavy atom. The van der Waals surface area contributed by atoms with E-state index in [-0.39, 0.29) is 6.54 Å². The number of hydrogen-bond donors (Lipinski definition) is 1. The number of nitrogens with zero attached hydrogens (tertiary/aromatic N) is 4. The summed E-state index contributed by atoms with van der Waals surface area (Å²) in [7, 11) is 0. The molecule has 2 aliphatic heterocycles. The van der Waals surface area contributed by atoms with Crippen molar-refractivity contribution in [3.05, 3.63) is 42.1 Å². The Bertz CT molecular complexity index is 734. The first-order valence-electron chi connectivity index (χ1n) is 9.91. The summed E-state index contributed by atoms with van der Waals surface area (Å²) in [6.45, 7) is 5.26. The molecule has 2 aliphatic rings. The van der Waals surface area contributed by atoms with Gasteiger partial charge in [0, 0.05) is 37.8 Å². The lowest BCUT2D eigenvalue weighted by Gasteiger charge is -2.42. The molecule has 0 unspecified atom stereocenters. The summed E-state index contributed by atoms with van der Waals surface area (Å²) in [6.07, 6.45) is 8.24. The highest BCUT2D eigenvalue weighted by Crippen LogP contribution is 2.29. The number of aromatic nitrogens is 2. The fourth-order valence-electron chi connectivity index (χ4n) is 4.47. The quantitative estimate of drug-likeness (QED) is 0.839. The van der Waals surface area contributed by atoms with Crippen LogP contribution < -0.4 is 0 Å². The maximum absolute atomic E-state index is 10.9. The van der Waals surface area contributed by atoms with Crippen molar-refractivity contribution >= 4 is 5.97 Å². The van der Waals surface area contributed by atoms with Gasteiger partial charge >= 0.3 is 5.97 Å². The summed E-state index contributed by atoms with van der Waals surface area (Å²) in [4.78, 5) is 16.0. The molecule has 0 spiro atoms. The monoisotopic (exact) mass is 372 g/mol. The fraction of sp³-hybridized carbons (Fsp3) is 0.600. The molecular weight excluding hydrogens is 344 g/mol. The maximum Gasteiger partial charge on any atom is 0.325 e. The van der Waals surface area contributed by atoms with E-state index in [0.717, 1.165) is 50.6 Å². The van der Waals surface area contributed by atoms with E-state index in [9.17, 15) is 4.79 Å². The molecule has 7 heteroatoms. The minimum atomic E-state index is -0.851. The predicted octanol–water partition coefficient (Wildman–Crippen LogP) is 2.40. The highest BCUT2D eigenvalue weighted by atomic mass is 16.4. The van der Waals surface area contributed by atoms with Crippen LogP contribution in [0.25, 0.3) is 0 Å². The van der Waals surface area contributed by atoms with Crippen LogP contribution in [0.4, 0.5) is 0 Å². The lowest BCUT2D eigenvalue weighted by molar-refractivity contribution is -0.137. The smallest absolute Gasteiger partial charge is 0.325 e. The summed E-state index contributed by atoms with van der Waals surface area (Å²) in [6, 6.07) is 6.63. The molecule has 2 saturated heterocycles. The minimum absolute atomic E-state index is 0.0649. The molecule has 4 rings (SSSR count). The standard InChI is InChI=1S/C20H28N4O3/c25-20(26)15-24-11-7-19(21-24)16-3-1-8-23(13-16)17-5-9-22(10-6-17)14-18-4-2-12-27-18/h2,4,7,11-12,16-17H,1,3,5-6,8-10,13-15H2,(H,25,26)/t16-/m0/s1. The zero-order chi connectivity index (χ0) is 18.6. The Kier molecular flexibility index (Phi) is 5.59. The lowest BCUT2D eigenvalue weighted by Crippen LogP contribution is -2.47. The Labute approximate surface area is 159 Å². The molecule has 0 aliphatic carbocycles. The predicted molar refractivity (Wildman–Crippen MR) is 100 cm³/mol. The second-order valence-corrected chi connectivity index (χ2v) is 7.75. The van der Waals surface area contributed by atoms with Crippen LogP contribution in [-0.4, -0.2) is 62.9 Å². The number of furan rings is 1. The molecule has 4 heterocycles. The molecule has 27 heavy (non-hydrogen) atoms. The van der Waals surface area contributed by atoms with Gasteiger partial charge in [0.25, 0.3) is 0 Å².